The zero-order chi connectivity index (χ0) is 45.1. The number of piperidine rings is 1. The molecular weight excluding hydrogens is 825 g/mol. The van der Waals surface area contributed by atoms with Crippen molar-refractivity contribution >= 4 is 67.6 Å². The van der Waals surface area contributed by atoms with E-state index in [2.05, 4.69) is 69.1 Å². The second kappa shape index (κ2) is 16.8. The highest BCUT2D eigenvalue weighted by molar-refractivity contribution is 6.07. The normalized spacial score (nSPS) is 21.2. The molecule has 15 nitrogen and oxygen atoms in total. The number of ether oxygens (including phenoxy) is 3. The van der Waals surface area contributed by atoms with Gasteiger partial charge in [0.05, 0.1) is 55.0 Å². The second-order valence-electron chi connectivity index (χ2n) is 18.0. The molecule has 0 radical (unpaired) electrons. The fraction of sp³-hybridized carbons (Fsp3) is 0.360. The van der Waals surface area contributed by atoms with E-state index in [-0.39, 0.29) is 41.8 Å². The van der Waals surface area contributed by atoms with Gasteiger partial charge in [0.25, 0.3) is 5.91 Å². The third-order valence-corrected chi connectivity index (χ3v) is 13.6. The summed E-state index contributed by atoms with van der Waals surface area (Å²) in [5.74, 6) is 1.46. The fourth-order valence-electron chi connectivity index (χ4n) is 10.3. The third-order valence-electron chi connectivity index (χ3n) is 13.6. The summed E-state index contributed by atoms with van der Waals surface area (Å²) in [6.07, 6.45) is 1.13. The second-order valence-corrected chi connectivity index (χ2v) is 18.0. The summed E-state index contributed by atoms with van der Waals surface area (Å²) in [6, 6.07) is 28.2. The number of hydrogen-bond donors (Lipinski definition) is 4. The Kier molecular flexibility index (Phi) is 10.9. The van der Waals surface area contributed by atoms with Gasteiger partial charge in [-0.3, -0.25) is 9.59 Å². The number of amides is 4. The molecular formula is C50H52N8O7. The highest BCUT2D eigenvalue weighted by Crippen LogP contribution is 2.53. The van der Waals surface area contributed by atoms with E-state index in [4.69, 9.17) is 24.2 Å². The predicted molar refractivity (Wildman–Crippen MR) is 246 cm³/mol. The van der Waals surface area contributed by atoms with Gasteiger partial charge in [0.1, 0.15) is 23.7 Å². The maximum absolute atomic E-state index is 14.4. The Labute approximate surface area is 375 Å². The number of carbonyl (C=O) groups excluding carboxylic acids is 4. The Balaban J connectivity index is 0.926. The highest BCUT2D eigenvalue weighted by atomic mass is 16.5. The van der Waals surface area contributed by atoms with E-state index in [0.29, 0.717) is 36.9 Å². The Hall–Kier alpha value is -7.00. The number of imidazole rings is 2. The molecule has 4 N–H and O–H groups in total. The van der Waals surface area contributed by atoms with Crippen LogP contribution >= 0.6 is 0 Å². The van der Waals surface area contributed by atoms with E-state index in [1.54, 1.807) is 12.0 Å². The first-order valence-corrected chi connectivity index (χ1v) is 22.2. The van der Waals surface area contributed by atoms with E-state index in [9.17, 15) is 19.2 Å². The van der Waals surface area contributed by atoms with Gasteiger partial charge in [-0.1, -0.05) is 80.6 Å². The van der Waals surface area contributed by atoms with Crippen LogP contribution in [0.25, 0.3) is 54.7 Å². The van der Waals surface area contributed by atoms with Gasteiger partial charge in [0, 0.05) is 36.4 Å². The molecule has 65 heavy (non-hydrogen) atoms. The number of methoxy groups -OCH3 is 3. The van der Waals surface area contributed by atoms with Crippen molar-refractivity contribution in [1.29, 1.82) is 0 Å². The molecule has 3 fully saturated rings. The van der Waals surface area contributed by atoms with Crippen LogP contribution in [0.3, 0.4) is 0 Å². The van der Waals surface area contributed by atoms with Crippen LogP contribution in [0.4, 0.5) is 9.59 Å². The van der Waals surface area contributed by atoms with Gasteiger partial charge in [-0.25, -0.2) is 19.6 Å². The smallest absolute Gasteiger partial charge is 0.407 e. The average Bonchev–Trinajstić information content (AvgIpc) is 3.75. The number of hydrogen-bond acceptors (Lipinski definition) is 9. The van der Waals surface area contributed by atoms with E-state index in [0.717, 1.165) is 73.4 Å². The van der Waals surface area contributed by atoms with Gasteiger partial charge in [0.15, 0.2) is 0 Å². The first-order chi connectivity index (χ1) is 31.5. The molecule has 2 aliphatic heterocycles. The molecule has 1 saturated carbocycles. The number of likely N-dealkylation sites (tertiary alicyclic amines) is 2. The molecule has 1 aliphatic carbocycles. The molecule has 3 aliphatic rings. The van der Waals surface area contributed by atoms with Crippen molar-refractivity contribution in [3.8, 4) is 11.1 Å². The Bertz CT molecular complexity index is 2980. The van der Waals surface area contributed by atoms with Gasteiger partial charge in [-0.2, -0.15) is 0 Å². The van der Waals surface area contributed by atoms with Crippen molar-refractivity contribution in [2.75, 3.05) is 34.5 Å². The number of aromatic nitrogens is 4. The molecule has 2 aromatic heterocycles. The van der Waals surface area contributed by atoms with Gasteiger partial charge in [-0.05, 0) is 82.8 Å². The lowest BCUT2D eigenvalue weighted by Crippen LogP contribution is -2.52. The molecule has 15 heteroatoms. The number of alkyl carbamates (subject to hydrolysis) is 2. The monoisotopic (exact) mass is 876 g/mol. The molecule has 7 aromatic rings. The van der Waals surface area contributed by atoms with Crippen molar-refractivity contribution in [3.63, 3.8) is 0 Å². The number of nitrogens with one attached hydrogen (secondary N) is 4. The quantitative estimate of drug-likeness (QED) is 0.0998. The molecule has 4 heterocycles. The summed E-state index contributed by atoms with van der Waals surface area (Å²) >= 11 is 0. The summed E-state index contributed by atoms with van der Waals surface area (Å²) in [5.41, 5.74) is 6.22. The molecule has 0 bridgehead atoms. The van der Waals surface area contributed by atoms with E-state index >= 15 is 0 Å². The van der Waals surface area contributed by atoms with Crippen LogP contribution in [-0.2, 0) is 23.8 Å². The van der Waals surface area contributed by atoms with E-state index in [1.807, 2.05) is 61.2 Å². The van der Waals surface area contributed by atoms with Crippen LogP contribution in [0.15, 0.2) is 91.0 Å². The fourth-order valence-corrected chi connectivity index (χ4v) is 10.3. The maximum atomic E-state index is 14.4. The lowest BCUT2D eigenvalue weighted by Gasteiger charge is -2.31. The van der Waals surface area contributed by atoms with Crippen molar-refractivity contribution < 1.29 is 33.4 Å². The topological polar surface area (TPSA) is 184 Å². The summed E-state index contributed by atoms with van der Waals surface area (Å²) in [7, 11) is 4.25. The largest absolute Gasteiger partial charge is 0.453 e. The van der Waals surface area contributed by atoms with Gasteiger partial charge < -0.3 is 44.6 Å². The lowest BCUT2D eigenvalue weighted by atomic mass is 9.98. The zero-order valence-electron chi connectivity index (χ0n) is 37.0. The van der Waals surface area contributed by atoms with E-state index < -0.39 is 24.3 Å². The van der Waals surface area contributed by atoms with Crippen molar-refractivity contribution in [3.05, 3.63) is 108 Å². The molecule has 0 spiro atoms. The van der Waals surface area contributed by atoms with Crippen molar-refractivity contribution in [2.45, 2.75) is 63.3 Å². The van der Waals surface area contributed by atoms with Gasteiger partial charge in [0.2, 0.25) is 5.91 Å². The summed E-state index contributed by atoms with van der Waals surface area (Å²) in [6.45, 7) is 4.78. The number of rotatable bonds is 11. The van der Waals surface area contributed by atoms with Crippen LogP contribution in [0.1, 0.15) is 68.4 Å². The van der Waals surface area contributed by atoms with E-state index in [1.165, 1.54) is 14.2 Å². The number of H-pyrrole nitrogens is 2. The van der Waals surface area contributed by atoms with Crippen LogP contribution in [0, 0.1) is 17.8 Å². The Morgan fingerprint density at radius 2 is 1.31 bits per heavy atom. The van der Waals surface area contributed by atoms with Gasteiger partial charge in [-0.15, -0.1) is 0 Å². The number of fused-ring (bicyclic) bond motifs is 7. The summed E-state index contributed by atoms with van der Waals surface area (Å²) in [4.78, 5) is 74.1. The predicted octanol–water partition coefficient (Wildman–Crippen LogP) is 8.09. The van der Waals surface area contributed by atoms with Crippen LogP contribution in [0.2, 0.25) is 0 Å². The minimum absolute atomic E-state index is 0.0732. The summed E-state index contributed by atoms with van der Waals surface area (Å²) in [5, 5.41) is 9.65. The molecule has 2 saturated heterocycles. The highest BCUT2D eigenvalue weighted by Gasteiger charge is 2.56. The molecule has 1 unspecified atom stereocenters. The van der Waals surface area contributed by atoms with Crippen LogP contribution < -0.4 is 10.6 Å². The number of aromatic amines is 2. The van der Waals surface area contributed by atoms with Crippen LogP contribution in [0.5, 0.6) is 0 Å². The molecule has 10 rings (SSSR count). The average molecular weight is 877 g/mol. The minimum Gasteiger partial charge on any atom is -0.453 e. The first-order valence-electron chi connectivity index (χ1n) is 22.2. The first kappa shape index (κ1) is 42.0. The van der Waals surface area contributed by atoms with Crippen LogP contribution in [-0.4, -0.2) is 100 Å². The van der Waals surface area contributed by atoms with Crippen molar-refractivity contribution in [1.82, 2.24) is 40.4 Å². The Morgan fingerprint density at radius 1 is 0.708 bits per heavy atom. The number of benzene rings is 5. The number of nitrogens with zero attached hydrogens (tertiary/aromatic N) is 4. The van der Waals surface area contributed by atoms with Crippen molar-refractivity contribution in [2.24, 2.45) is 17.8 Å². The molecule has 4 amide bonds. The molecule has 334 valence electrons. The SMILES string of the molecule is COC[C@H]1C[C@@H](c2nc3ccc4cc(-c5ccc6c(ccc7nc([C@@H]8C[C@H]9C[C@H]9N8C(=O)C(NC(=O)OC)C(C)C)[nH]c76)c5)ccc4c3[nH]2)N(C(=O)[C@H](NC(=O)OC)c2ccccc2)C1. The van der Waals surface area contributed by atoms with Gasteiger partial charge >= 0.3 is 12.2 Å². The lowest BCUT2D eigenvalue weighted by molar-refractivity contribution is -0.137. The molecule has 5 aromatic carbocycles. The zero-order valence-corrected chi connectivity index (χ0v) is 37.0. The maximum Gasteiger partial charge on any atom is 0.407 e. The Morgan fingerprint density at radius 3 is 1.89 bits per heavy atom. The molecule has 7 atom stereocenters. The summed E-state index contributed by atoms with van der Waals surface area (Å²) < 4.78 is 15.3. The standard InChI is InChI=1S/C50H52N8O7/c1-26(2)41(55-49(61)64-4)48(60)58-38-22-33(38)23-40(58)46-52-37-18-14-32-21-30(12-16-35(32)44(37)54-46)29-11-15-34-31(20-29)13-17-36-43(34)53-45(51-36)39-19-27(25-63-3)24-57(39)47(59)42(56-50(62)65-5)28-9-7-6-8-10-28/h6-18,20-21,26-27,33,38-42H,19,22-25H2,1-5H3,(H,51,53)(H,52,54)(H,55,61)(H,56,62)/t27-,33+,38+,39-,40-,41?,42+/m0/s1. The third kappa shape index (κ3) is 7.66. The minimum atomic E-state index is -0.943. The number of carbonyl (C=O) groups is 4.